The summed E-state index contributed by atoms with van der Waals surface area (Å²) in [7, 11) is 0. The molecular formula is C16H20N2O3S. The minimum Gasteiger partial charge on any atom is -0.598 e. The van der Waals surface area contributed by atoms with Gasteiger partial charge >= 0.3 is 5.97 Å². The third-order valence-electron chi connectivity index (χ3n) is 3.20. The lowest BCUT2D eigenvalue weighted by Gasteiger charge is -2.27. The number of carboxylic acids is 1. The molecule has 2 rings (SSSR count). The number of carboxylic acid groups (broad SMARTS) is 1. The maximum atomic E-state index is 12.3. The van der Waals surface area contributed by atoms with Crippen molar-refractivity contribution in [3.8, 4) is 0 Å². The van der Waals surface area contributed by atoms with Gasteiger partial charge in [0.25, 0.3) is 0 Å². The van der Waals surface area contributed by atoms with E-state index in [1.165, 1.54) is 0 Å². The second kappa shape index (κ2) is 6.64. The van der Waals surface area contributed by atoms with E-state index >= 15 is 0 Å². The number of nitrogens with zero attached hydrogens (tertiary/aromatic N) is 1. The zero-order chi connectivity index (χ0) is 16.3. The van der Waals surface area contributed by atoms with E-state index in [2.05, 4.69) is 9.71 Å². The smallest absolute Gasteiger partial charge is 0.305 e. The Morgan fingerprint density at radius 3 is 2.73 bits per heavy atom. The van der Waals surface area contributed by atoms with Crippen LogP contribution in [-0.2, 0) is 16.2 Å². The molecule has 0 aliphatic rings. The summed E-state index contributed by atoms with van der Waals surface area (Å²) in [5.41, 5.74) is 1.57. The van der Waals surface area contributed by atoms with Crippen molar-refractivity contribution in [3.63, 3.8) is 0 Å². The van der Waals surface area contributed by atoms with Crippen LogP contribution in [0.3, 0.4) is 0 Å². The molecule has 1 unspecified atom stereocenters. The van der Waals surface area contributed by atoms with Crippen molar-refractivity contribution in [1.29, 1.82) is 0 Å². The van der Waals surface area contributed by atoms with Crippen LogP contribution in [0.2, 0.25) is 0 Å². The molecule has 2 atom stereocenters. The molecule has 0 saturated carbocycles. The molecule has 6 heteroatoms. The lowest BCUT2D eigenvalue weighted by molar-refractivity contribution is -0.137. The van der Waals surface area contributed by atoms with E-state index in [9.17, 15) is 9.35 Å². The lowest BCUT2D eigenvalue weighted by Crippen LogP contribution is -2.41. The Morgan fingerprint density at radius 2 is 2.09 bits per heavy atom. The number of para-hydroxylation sites is 1. The zero-order valence-electron chi connectivity index (χ0n) is 12.9. The summed E-state index contributed by atoms with van der Waals surface area (Å²) in [6.45, 7) is 5.52. The van der Waals surface area contributed by atoms with Gasteiger partial charge in [0.1, 0.15) is 4.75 Å². The van der Waals surface area contributed by atoms with E-state index in [-0.39, 0.29) is 6.42 Å². The monoisotopic (exact) mass is 320 g/mol. The Balaban J connectivity index is 2.32. The molecule has 0 aliphatic carbocycles. The van der Waals surface area contributed by atoms with E-state index < -0.39 is 28.1 Å². The van der Waals surface area contributed by atoms with Gasteiger partial charge in [-0.2, -0.15) is 0 Å². The van der Waals surface area contributed by atoms with Gasteiger partial charge in [-0.3, -0.25) is 9.78 Å². The number of aromatic nitrogens is 1. The molecule has 0 spiro atoms. The first kappa shape index (κ1) is 16.7. The molecule has 0 fully saturated rings. The van der Waals surface area contributed by atoms with Gasteiger partial charge in [-0.25, -0.2) is 0 Å². The van der Waals surface area contributed by atoms with Gasteiger partial charge in [-0.1, -0.05) is 18.2 Å². The molecule has 1 heterocycles. The maximum Gasteiger partial charge on any atom is 0.305 e. The number of pyridine rings is 1. The second-order valence-corrected chi connectivity index (χ2v) is 8.11. The number of nitrogens with one attached hydrogen (secondary N) is 1. The van der Waals surface area contributed by atoms with Crippen molar-refractivity contribution in [3.05, 3.63) is 42.1 Å². The first-order valence-electron chi connectivity index (χ1n) is 7.02. The Morgan fingerprint density at radius 1 is 1.41 bits per heavy atom. The van der Waals surface area contributed by atoms with Crippen molar-refractivity contribution < 1.29 is 14.5 Å². The third kappa shape index (κ3) is 4.19. The van der Waals surface area contributed by atoms with Gasteiger partial charge in [0.15, 0.2) is 0 Å². The summed E-state index contributed by atoms with van der Waals surface area (Å²) in [5, 5.41) is 10.0. The lowest BCUT2D eigenvalue weighted by atomic mass is 10.0. The van der Waals surface area contributed by atoms with Crippen LogP contribution >= 0.6 is 0 Å². The normalized spacial score (nSPS) is 14.7. The molecule has 1 aromatic carbocycles. The maximum absolute atomic E-state index is 12.3. The fourth-order valence-electron chi connectivity index (χ4n) is 1.99. The van der Waals surface area contributed by atoms with Gasteiger partial charge in [0, 0.05) is 22.9 Å². The second-order valence-electron chi connectivity index (χ2n) is 6.11. The van der Waals surface area contributed by atoms with E-state index in [1.807, 2.05) is 51.1 Å². The molecule has 0 radical (unpaired) electrons. The summed E-state index contributed by atoms with van der Waals surface area (Å²) in [6.07, 6.45) is 1.49. The molecule has 0 aliphatic heterocycles. The average molecular weight is 320 g/mol. The Labute approximate surface area is 133 Å². The first-order valence-corrected chi connectivity index (χ1v) is 8.17. The Kier molecular flexibility index (Phi) is 5.05. The number of carbonyl (C=O) groups is 1. The van der Waals surface area contributed by atoms with Crippen LogP contribution in [0.1, 0.15) is 38.8 Å². The van der Waals surface area contributed by atoms with Gasteiger partial charge in [-0.05, 0) is 38.5 Å². The number of benzene rings is 1. The SMILES string of the molecule is CC(C)(C)[S@+]([O-])NC(CC(=O)O)c1cnc2ccccc2c1. The molecule has 2 N–H and O–H groups in total. The molecule has 0 amide bonds. The van der Waals surface area contributed by atoms with Crippen molar-refractivity contribution in [1.82, 2.24) is 9.71 Å². The third-order valence-corrected chi connectivity index (χ3v) is 4.81. The highest BCUT2D eigenvalue weighted by Crippen LogP contribution is 2.24. The number of rotatable bonds is 5. The fourth-order valence-corrected chi connectivity index (χ4v) is 2.82. The fraction of sp³-hybridized carbons (Fsp3) is 0.375. The van der Waals surface area contributed by atoms with E-state index in [4.69, 9.17) is 5.11 Å². The van der Waals surface area contributed by atoms with Crippen molar-refractivity contribution in [2.45, 2.75) is 38.0 Å². The topological polar surface area (TPSA) is 85.3 Å². The molecular weight excluding hydrogens is 300 g/mol. The Bertz CT molecular complexity index is 670. The van der Waals surface area contributed by atoms with Crippen LogP contribution in [0.5, 0.6) is 0 Å². The first-order chi connectivity index (χ1) is 10.3. The molecule has 0 bridgehead atoms. The van der Waals surface area contributed by atoms with Crippen molar-refractivity contribution in [2.24, 2.45) is 0 Å². The summed E-state index contributed by atoms with van der Waals surface area (Å²) in [4.78, 5) is 15.5. The molecule has 0 saturated heterocycles. The largest absolute Gasteiger partial charge is 0.598 e. The summed E-state index contributed by atoms with van der Waals surface area (Å²) in [5.74, 6) is -0.948. The van der Waals surface area contributed by atoms with Gasteiger partial charge in [-0.15, -0.1) is 4.72 Å². The molecule has 1 aromatic heterocycles. The van der Waals surface area contributed by atoms with Crippen LogP contribution in [0.4, 0.5) is 0 Å². The number of aliphatic carboxylic acids is 1. The minimum absolute atomic E-state index is 0.151. The van der Waals surface area contributed by atoms with E-state index in [0.717, 1.165) is 16.5 Å². The predicted octanol–water partition coefficient (Wildman–Crippen LogP) is 2.80. The number of hydrogen-bond donors (Lipinski definition) is 2. The quantitative estimate of drug-likeness (QED) is 0.827. The number of hydrogen-bond acceptors (Lipinski definition) is 4. The number of fused-ring (bicyclic) bond motifs is 1. The van der Waals surface area contributed by atoms with E-state index in [0.29, 0.717) is 0 Å². The Hall–Kier alpha value is -1.63. The molecule has 2 aromatic rings. The van der Waals surface area contributed by atoms with Gasteiger partial charge < -0.3 is 9.66 Å². The van der Waals surface area contributed by atoms with Crippen LogP contribution in [-0.4, -0.2) is 25.4 Å². The highest BCUT2D eigenvalue weighted by atomic mass is 32.2. The molecule has 5 nitrogen and oxygen atoms in total. The summed E-state index contributed by atoms with van der Waals surface area (Å²) >= 11 is -1.36. The van der Waals surface area contributed by atoms with E-state index in [1.54, 1.807) is 6.20 Å². The van der Waals surface area contributed by atoms with Crippen LogP contribution in [0.15, 0.2) is 36.5 Å². The van der Waals surface area contributed by atoms with Crippen LogP contribution in [0, 0.1) is 0 Å². The van der Waals surface area contributed by atoms with Gasteiger partial charge in [0.05, 0.1) is 18.0 Å². The highest BCUT2D eigenvalue weighted by Gasteiger charge is 2.31. The average Bonchev–Trinajstić information content (AvgIpc) is 2.44. The molecule has 118 valence electrons. The predicted molar refractivity (Wildman–Crippen MR) is 87.8 cm³/mol. The van der Waals surface area contributed by atoms with Crippen molar-refractivity contribution in [2.75, 3.05) is 0 Å². The zero-order valence-corrected chi connectivity index (χ0v) is 13.7. The molecule has 22 heavy (non-hydrogen) atoms. The van der Waals surface area contributed by atoms with Gasteiger partial charge in [0.2, 0.25) is 0 Å². The van der Waals surface area contributed by atoms with Crippen molar-refractivity contribution >= 4 is 28.2 Å². The standard InChI is InChI=1S/C16H20N2O3S/c1-16(2,3)22(21)18-14(9-15(19)20)12-8-11-6-4-5-7-13(11)17-10-12/h4-8,10,14,18H,9H2,1-3H3,(H,19,20)/t14?,22-/m0/s1. The summed E-state index contributed by atoms with van der Waals surface area (Å²) in [6, 6.07) is 8.96. The van der Waals surface area contributed by atoms with Crippen LogP contribution < -0.4 is 4.72 Å². The highest BCUT2D eigenvalue weighted by molar-refractivity contribution is 7.90. The van der Waals surface area contributed by atoms with Crippen LogP contribution in [0.25, 0.3) is 10.9 Å². The minimum atomic E-state index is -1.36. The summed E-state index contributed by atoms with van der Waals surface area (Å²) < 4.78 is 14.7.